The molecule has 1 unspecified atom stereocenters. The van der Waals surface area contributed by atoms with Crippen LogP contribution >= 0.6 is 0 Å². The summed E-state index contributed by atoms with van der Waals surface area (Å²) in [5.74, 6) is 0.408. The van der Waals surface area contributed by atoms with Gasteiger partial charge in [-0.05, 0) is 29.4 Å². The highest BCUT2D eigenvalue weighted by atomic mass is 16.2. The molecule has 2 rings (SSSR count). The first-order chi connectivity index (χ1) is 13.2. The highest BCUT2D eigenvalue weighted by Crippen LogP contribution is 2.23. The number of hydrogen-bond acceptors (Lipinski definition) is 4. The van der Waals surface area contributed by atoms with Crippen molar-refractivity contribution in [1.82, 2.24) is 25.2 Å². The van der Waals surface area contributed by atoms with Gasteiger partial charge in [0.05, 0.1) is 12.2 Å². The normalized spacial score (nSPS) is 12.3. The monoisotopic (exact) mass is 385 g/mol. The number of nitrogens with one attached hydrogen (secondary N) is 1. The Kier molecular flexibility index (Phi) is 7.31. The van der Waals surface area contributed by atoms with Crippen LogP contribution in [0.25, 0.3) is 0 Å². The van der Waals surface area contributed by atoms with Gasteiger partial charge in [0.1, 0.15) is 6.54 Å². The summed E-state index contributed by atoms with van der Waals surface area (Å²) in [4.78, 5) is 25.9. The van der Waals surface area contributed by atoms with E-state index >= 15 is 0 Å². The average molecular weight is 386 g/mol. The van der Waals surface area contributed by atoms with E-state index in [1.807, 2.05) is 0 Å². The summed E-state index contributed by atoms with van der Waals surface area (Å²) in [5.41, 5.74) is 2.56. The lowest BCUT2D eigenvalue weighted by atomic mass is 9.93. The lowest BCUT2D eigenvalue weighted by molar-refractivity contribution is -0.129. The molecular weight excluding hydrogens is 354 g/mol. The molecule has 7 nitrogen and oxygen atoms in total. The fourth-order valence-corrected chi connectivity index (χ4v) is 2.94. The van der Waals surface area contributed by atoms with E-state index in [2.05, 4.69) is 67.6 Å². The fraction of sp³-hybridized carbons (Fsp3) is 0.524. The lowest BCUT2D eigenvalue weighted by Gasteiger charge is -2.23. The summed E-state index contributed by atoms with van der Waals surface area (Å²) in [6, 6.07) is 8.28. The summed E-state index contributed by atoms with van der Waals surface area (Å²) < 4.78 is 1.38. The zero-order valence-corrected chi connectivity index (χ0v) is 17.6. The van der Waals surface area contributed by atoms with Crippen LogP contribution in [0.1, 0.15) is 55.4 Å². The van der Waals surface area contributed by atoms with Gasteiger partial charge < -0.3 is 10.2 Å². The summed E-state index contributed by atoms with van der Waals surface area (Å²) in [6.07, 6.45) is 2.54. The van der Waals surface area contributed by atoms with Gasteiger partial charge in [-0.1, -0.05) is 57.2 Å². The van der Waals surface area contributed by atoms with Gasteiger partial charge >= 0.3 is 0 Å². The third kappa shape index (κ3) is 5.90. The van der Waals surface area contributed by atoms with E-state index in [1.54, 1.807) is 14.1 Å². The van der Waals surface area contributed by atoms with Crippen molar-refractivity contribution in [3.63, 3.8) is 0 Å². The van der Waals surface area contributed by atoms with Crippen LogP contribution in [-0.2, 0) is 17.8 Å². The van der Waals surface area contributed by atoms with Crippen molar-refractivity contribution >= 4 is 11.8 Å². The first-order valence-electron chi connectivity index (χ1n) is 9.67. The molecule has 1 aromatic carbocycles. The minimum absolute atomic E-state index is 0.0538. The fourth-order valence-electron chi connectivity index (χ4n) is 2.94. The highest BCUT2D eigenvalue weighted by Gasteiger charge is 2.21. The number of hydrogen-bond donors (Lipinski definition) is 1. The topological polar surface area (TPSA) is 80.1 Å². The van der Waals surface area contributed by atoms with Crippen LogP contribution in [0.5, 0.6) is 0 Å². The molecule has 1 heterocycles. The van der Waals surface area contributed by atoms with Crippen LogP contribution in [0, 0.1) is 11.8 Å². The van der Waals surface area contributed by atoms with Gasteiger partial charge in [0.25, 0.3) is 5.91 Å². The van der Waals surface area contributed by atoms with E-state index in [4.69, 9.17) is 0 Å². The van der Waals surface area contributed by atoms with Gasteiger partial charge in [-0.15, -0.1) is 5.10 Å². The van der Waals surface area contributed by atoms with E-state index < -0.39 is 0 Å². The van der Waals surface area contributed by atoms with Gasteiger partial charge in [-0.3, -0.25) is 9.59 Å². The van der Waals surface area contributed by atoms with Gasteiger partial charge in [0, 0.05) is 14.1 Å². The van der Waals surface area contributed by atoms with E-state index in [0.717, 1.165) is 12.0 Å². The Labute approximate surface area is 167 Å². The Bertz CT molecular complexity index is 793. The summed E-state index contributed by atoms with van der Waals surface area (Å²) in [7, 11) is 3.35. The molecule has 0 saturated heterocycles. The first-order valence-corrected chi connectivity index (χ1v) is 9.67. The molecule has 1 atom stereocenters. The van der Waals surface area contributed by atoms with Crippen molar-refractivity contribution in [3.05, 3.63) is 47.3 Å². The average Bonchev–Trinajstić information content (AvgIpc) is 3.08. The third-order valence-electron chi connectivity index (χ3n) is 4.50. The first kappa shape index (κ1) is 21.6. The molecule has 7 heteroatoms. The van der Waals surface area contributed by atoms with Crippen molar-refractivity contribution < 1.29 is 9.59 Å². The summed E-state index contributed by atoms with van der Waals surface area (Å²) >= 11 is 0. The van der Waals surface area contributed by atoms with Gasteiger partial charge in [0.2, 0.25) is 5.91 Å². The predicted octanol–water partition coefficient (Wildman–Crippen LogP) is 2.69. The van der Waals surface area contributed by atoms with Gasteiger partial charge in [0.15, 0.2) is 5.69 Å². The Morgan fingerprint density at radius 1 is 1.11 bits per heavy atom. The number of rotatable bonds is 8. The lowest BCUT2D eigenvalue weighted by Crippen LogP contribution is -2.32. The molecule has 0 radical (unpaired) electrons. The van der Waals surface area contributed by atoms with E-state index in [-0.39, 0.29) is 36.0 Å². The molecule has 0 fully saturated rings. The van der Waals surface area contributed by atoms with Gasteiger partial charge in [-0.2, -0.15) is 0 Å². The Balaban J connectivity index is 2.09. The maximum Gasteiger partial charge on any atom is 0.273 e. The minimum atomic E-state index is -0.298. The SMILES string of the molecule is CC(C)Cc1ccc(C(NC(=O)c2cn(CC(=O)N(C)C)nn2)C(C)C)cc1. The maximum atomic E-state index is 12.7. The number of benzene rings is 1. The summed E-state index contributed by atoms with van der Waals surface area (Å²) in [5, 5.41) is 10.8. The van der Waals surface area contributed by atoms with Crippen molar-refractivity contribution in [1.29, 1.82) is 0 Å². The van der Waals surface area contributed by atoms with Crippen LogP contribution in [-0.4, -0.2) is 45.8 Å². The number of carbonyl (C=O) groups is 2. The molecule has 0 aliphatic carbocycles. The molecule has 2 aromatic rings. The minimum Gasteiger partial charge on any atom is -0.347 e. The molecule has 0 spiro atoms. The second-order valence-electron chi connectivity index (χ2n) is 8.12. The molecule has 2 amide bonds. The Hall–Kier alpha value is -2.70. The highest BCUT2D eigenvalue weighted by molar-refractivity contribution is 5.92. The molecule has 0 saturated carbocycles. The molecule has 0 bridgehead atoms. The zero-order valence-electron chi connectivity index (χ0n) is 17.6. The smallest absolute Gasteiger partial charge is 0.273 e. The molecule has 0 aliphatic rings. The van der Waals surface area contributed by atoms with Crippen LogP contribution < -0.4 is 5.32 Å². The van der Waals surface area contributed by atoms with E-state index in [1.165, 1.54) is 21.3 Å². The van der Waals surface area contributed by atoms with Crippen LogP contribution in [0.2, 0.25) is 0 Å². The zero-order chi connectivity index (χ0) is 20.8. The predicted molar refractivity (Wildman–Crippen MR) is 109 cm³/mol. The van der Waals surface area contributed by atoms with Crippen molar-refractivity contribution in [2.75, 3.05) is 14.1 Å². The van der Waals surface area contributed by atoms with Crippen LogP contribution in [0.3, 0.4) is 0 Å². The Morgan fingerprint density at radius 2 is 1.75 bits per heavy atom. The molecule has 1 aromatic heterocycles. The molecule has 152 valence electrons. The number of carbonyl (C=O) groups excluding carboxylic acids is 2. The number of aromatic nitrogens is 3. The van der Waals surface area contributed by atoms with Crippen molar-refractivity contribution in [2.24, 2.45) is 11.8 Å². The summed E-state index contributed by atoms with van der Waals surface area (Å²) in [6.45, 7) is 8.59. The second-order valence-corrected chi connectivity index (χ2v) is 8.12. The maximum absolute atomic E-state index is 12.7. The molecule has 1 N–H and O–H groups in total. The number of amides is 2. The van der Waals surface area contributed by atoms with Gasteiger partial charge in [-0.25, -0.2) is 4.68 Å². The number of nitrogens with zero attached hydrogens (tertiary/aromatic N) is 4. The molecular formula is C21H31N5O2. The Morgan fingerprint density at radius 3 is 2.29 bits per heavy atom. The van der Waals surface area contributed by atoms with Crippen molar-refractivity contribution in [3.8, 4) is 0 Å². The van der Waals surface area contributed by atoms with Crippen LogP contribution in [0.15, 0.2) is 30.5 Å². The molecule has 28 heavy (non-hydrogen) atoms. The van der Waals surface area contributed by atoms with Crippen molar-refractivity contribution in [2.45, 2.75) is 46.7 Å². The second kappa shape index (κ2) is 9.48. The quantitative estimate of drug-likeness (QED) is 0.758. The van der Waals surface area contributed by atoms with E-state index in [9.17, 15) is 9.59 Å². The number of likely N-dealkylation sites (N-methyl/N-ethyl adjacent to an activating group) is 1. The largest absolute Gasteiger partial charge is 0.347 e. The van der Waals surface area contributed by atoms with E-state index in [0.29, 0.717) is 5.92 Å². The molecule has 0 aliphatic heterocycles. The van der Waals surface area contributed by atoms with Crippen LogP contribution in [0.4, 0.5) is 0 Å². The third-order valence-corrected chi connectivity index (χ3v) is 4.50. The standard InChI is InChI=1S/C21H31N5O2/c1-14(2)11-16-7-9-17(10-8-16)20(15(3)4)22-21(28)18-12-26(24-23-18)13-19(27)25(5)6/h7-10,12,14-15,20H,11,13H2,1-6H3,(H,22,28).